The quantitative estimate of drug-likeness (QED) is 0.784. The second-order valence-corrected chi connectivity index (χ2v) is 6.33. The number of para-hydroxylation sites is 1. The zero-order valence-corrected chi connectivity index (χ0v) is 14.2. The van der Waals surface area contributed by atoms with Crippen molar-refractivity contribution in [2.75, 3.05) is 13.2 Å². The van der Waals surface area contributed by atoms with Gasteiger partial charge in [0.2, 0.25) is 0 Å². The zero-order valence-electron chi connectivity index (χ0n) is 14.2. The van der Waals surface area contributed by atoms with E-state index in [9.17, 15) is 9.59 Å². The van der Waals surface area contributed by atoms with E-state index in [-0.39, 0.29) is 17.6 Å². The van der Waals surface area contributed by atoms with E-state index in [0.29, 0.717) is 23.0 Å². The highest BCUT2D eigenvalue weighted by Crippen LogP contribution is 2.13. The van der Waals surface area contributed by atoms with Crippen molar-refractivity contribution in [1.29, 1.82) is 0 Å². The second kappa shape index (κ2) is 7.09. The highest BCUT2D eigenvalue weighted by atomic mass is 16.5. The lowest BCUT2D eigenvalue weighted by Crippen LogP contribution is -2.31. The van der Waals surface area contributed by atoms with Gasteiger partial charge >= 0.3 is 0 Å². The zero-order chi connectivity index (χ0) is 17.9. The summed E-state index contributed by atoms with van der Waals surface area (Å²) in [5, 5.41) is 3.36. The minimum Gasteiger partial charge on any atom is -0.376 e. The van der Waals surface area contributed by atoms with Gasteiger partial charge < -0.3 is 10.1 Å². The normalized spacial score (nSPS) is 16.7. The van der Waals surface area contributed by atoms with Crippen LogP contribution in [0.1, 0.15) is 23.2 Å². The third-order valence-corrected chi connectivity index (χ3v) is 4.57. The lowest BCUT2D eigenvalue weighted by atomic mass is 10.1. The Balaban J connectivity index is 1.59. The lowest BCUT2D eigenvalue weighted by molar-refractivity contribution is 0.0858. The molecule has 0 spiro atoms. The van der Waals surface area contributed by atoms with Crippen LogP contribution in [-0.4, -0.2) is 34.7 Å². The van der Waals surface area contributed by atoms with Crippen molar-refractivity contribution in [2.45, 2.75) is 18.9 Å². The van der Waals surface area contributed by atoms with Gasteiger partial charge in [0.1, 0.15) is 6.33 Å². The predicted molar refractivity (Wildman–Crippen MR) is 98.6 cm³/mol. The number of ether oxygens (including phenoxy) is 1. The monoisotopic (exact) mass is 349 g/mol. The molecule has 1 aliphatic rings. The Bertz CT molecular complexity index is 992. The summed E-state index contributed by atoms with van der Waals surface area (Å²) < 4.78 is 7.01. The van der Waals surface area contributed by atoms with Crippen molar-refractivity contribution >= 4 is 16.8 Å². The van der Waals surface area contributed by atoms with Crippen LogP contribution in [0, 0.1) is 0 Å². The van der Waals surface area contributed by atoms with Crippen molar-refractivity contribution in [3.63, 3.8) is 0 Å². The number of fused-ring (bicyclic) bond motifs is 1. The molecule has 0 bridgehead atoms. The lowest BCUT2D eigenvalue weighted by Gasteiger charge is -2.11. The summed E-state index contributed by atoms with van der Waals surface area (Å²) in [5.74, 6) is -0.184. The van der Waals surface area contributed by atoms with Gasteiger partial charge in [0.05, 0.1) is 22.7 Å². The van der Waals surface area contributed by atoms with Crippen LogP contribution in [-0.2, 0) is 4.74 Å². The maximum absolute atomic E-state index is 12.7. The third kappa shape index (κ3) is 3.23. The van der Waals surface area contributed by atoms with Crippen molar-refractivity contribution in [1.82, 2.24) is 14.9 Å². The fourth-order valence-electron chi connectivity index (χ4n) is 3.15. The van der Waals surface area contributed by atoms with Crippen molar-refractivity contribution in [3.05, 3.63) is 70.8 Å². The first-order valence-electron chi connectivity index (χ1n) is 8.69. The standard InChI is InChI=1S/C20H19N3O3/c24-19(21-12-16-7-4-10-26-16)14-8-9-17-18(11-14)22-13-23(20(17)25)15-5-2-1-3-6-15/h1-3,5-6,8-9,11,13,16H,4,7,10,12H2,(H,21,24). The van der Waals surface area contributed by atoms with E-state index < -0.39 is 0 Å². The van der Waals surface area contributed by atoms with Gasteiger partial charge in [0, 0.05) is 18.7 Å². The fraction of sp³-hybridized carbons (Fsp3) is 0.250. The van der Waals surface area contributed by atoms with E-state index in [2.05, 4.69) is 10.3 Å². The number of carbonyl (C=O) groups excluding carboxylic acids is 1. The number of benzene rings is 2. The van der Waals surface area contributed by atoms with Crippen molar-refractivity contribution in [3.8, 4) is 5.69 Å². The number of rotatable bonds is 4. The molecule has 0 saturated carbocycles. The third-order valence-electron chi connectivity index (χ3n) is 4.57. The van der Waals surface area contributed by atoms with Crippen LogP contribution in [0.15, 0.2) is 59.7 Å². The summed E-state index contributed by atoms with van der Waals surface area (Å²) >= 11 is 0. The minimum atomic E-state index is -0.184. The number of hydrogen-bond donors (Lipinski definition) is 1. The molecule has 4 rings (SSSR count). The fourth-order valence-corrected chi connectivity index (χ4v) is 3.15. The molecule has 1 saturated heterocycles. The molecule has 26 heavy (non-hydrogen) atoms. The molecular weight excluding hydrogens is 330 g/mol. The van der Waals surface area contributed by atoms with Crippen molar-refractivity contribution in [2.24, 2.45) is 0 Å². The smallest absolute Gasteiger partial charge is 0.265 e. The number of carbonyl (C=O) groups is 1. The Morgan fingerprint density at radius 1 is 1.23 bits per heavy atom. The van der Waals surface area contributed by atoms with Crippen LogP contribution in [0.2, 0.25) is 0 Å². The SMILES string of the molecule is O=C(NCC1CCCO1)c1ccc2c(=O)n(-c3ccccc3)cnc2c1. The first-order chi connectivity index (χ1) is 12.7. The Hall–Kier alpha value is -2.99. The molecule has 0 radical (unpaired) electrons. The molecule has 1 aliphatic heterocycles. The van der Waals surface area contributed by atoms with Crippen LogP contribution >= 0.6 is 0 Å². The molecule has 1 unspecified atom stereocenters. The number of hydrogen-bond acceptors (Lipinski definition) is 4. The Morgan fingerprint density at radius 2 is 2.08 bits per heavy atom. The molecule has 2 heterocycles. The molecule has 0 aliphatic carbocycles. The summed E-state index contributed by atoms with van der Waals surface area (Å²) in [6.07, 6.45) is 3.59. The van der Waals surface area contributed by atoms with Gasteiger partial charge in [-0.3, -0.25) is 14.2 Å². The van der Waals surface area contributed by atoms with E-state index in [1.807, 2.05) is 30.3 Å². The molecule has 132 valence electrons. The van der Waals surface area contributed by atoms with Crippen LogP contribution in [0.25, 0.3) is 16.6 Å². The molecule has 6 nitrogen and oxygen atoms in total. The molecule has 6 heteroatoms. The van der Waals surface area contributed by atoms with Crippen LogP contribution < -0.4 is 10.9 Å². The Kier molecular flexibility index (Phi) is 4.50. The molecule has 2 aromatic carbocycles. The molecule has 1 aromatic heterocycles. The largest absolute Gasteiger partial charge is 0.376 e. The summed E-state index contributed by atoms with van der Waals surface area (Å²) in [4.78, 5) is 29.4. The first-order valence-corrected chi connectivity index (χ1v) is 8.69. The Morgan fingerprint density at radius 3 is 2.85 bits per heavy atom. The average molecular weight is 349 g/mol. The van der Waals surface area contributed by atoms with Gasteiger partial charge in [-0.2, -0.15) is 0 Å². The van der Waals surface area contributed by atoms with E-state index in [1.54, 1.807) is 18.2 Å². The molecule has 1 fully saturated rings. The number of nitrogens with zero attached hydrogens (tertiary/aromatic N) is 2. The first kappa shape index (κ1) is 16.5. The average Bonchev–Trinajstić information content (AvgIpc) is 3.20. The maximum atomic E-state index is 12.7. The van der Waals surface area contributed by atoms with Crippen LogP contribution in [0.3, 0.4) is 0 Å². The van der Waals surface area contributed by atoms with Crippen LogP contribution in [0.4, 0.5) is 0 Å². The van der Waals surface area contributed by atoms with Gasteiger partial charge in [0.15, 0.2) is 0 Å². The summed E-state index contributed by atoms with van der Waals surface area (Å²) in [7, 11) is 0. The number of amides is 1. The molecule has 1 amide bonds. The van der Waals surface area contributed by atoms with E-state index in [1.165, 1.54) is 10.9 Å². The van der Waals surface area contributed by atoms with E-state index in [0.717, 1.165) is 25.1 Å². The summed E-state index contributed by atoms with van der Waals surface area (Å²) in [6, 6.07) is 14.3. The minimum absolute atomic E-state index is 0.0932. The van der Waals surface area contributed by atoms with Gasteiger partial charge in [-0.05, 0) is 43.2 Å². The van der Waals surface area contributed by atoms with E-state index >= 15 is 0 Å². The second-order valence-electron chi connectivity index (χ2n) is 6.33. The Labute approximate surface area is 150 Å². The highest BCUT2D eigenvalue weighted by Gasteiger charge is 2.17. The van der Waals surface area contributed by atoms with Crippen LogP contribution in [0.5, 0.6) is 0 Å². The van der Waals surface area contributed by atoms with Gasteiger partial charge in [-0.15, -0.1) is 0 Å². The van der Waals surface area contributed by atoms with Gasteiger partial charge in [-0.25, -0.2) is 4.98 Å². The number of nitrogens with one attached hydrogen (secondary N) is 1. The van der Waals surface area contributed by atoms with Crippen molar-refractivity contribution < 1.29 is 9.53 Å². The highest BCUT2D eigenvalue weighted by molar-refractivity contribution is 5.97. The number of aromatic nitrogens is 2. The molecule has 1 atom stereocenters. The molecule has 1 N–H and O–H groups in total. The summed E-state index contributed by atoms with van der Waals surface area (Å²) in [6.45, 7) is 1.26. The topological polar surface area (TPSA) is 73.2 Å². The molecule has 3 aromatic rings. The maximum Gasteiger partial charge on any atom is 0.265 e. The summed E-state index contributed by atoms with van der Waals surface area (Å²) in [5.41, 5.74) is 1.59. The molecular formula is C20H19N3O3. The van der Waals surface area contributed by atoms with E-state index in [4.69, 9.17) is 4.74 Å². The predicted octanol–water partition coefficient (Wildman–Crippen LogP) is 2.29. The van der Waals surface area contributed by atoms with Gasteiger partial charge in [0.25, 0.3) is 11.5 Å². The van der Waals surface area contributed by atoms with Gasteiger partial charge in [-0.1, -0.05) is 18.2 Å².